The van der Waals surface area contributed by atoms with Crippen LogP contribution >= 0.6 is 11.3 Å². The topological polar surface area (TPSA) is 95.6 Å². The van der Waals surface area contributed by atoms with E-state index in [-0.39, 0.29) is 18.8 Å². The smallest absolute Gasteiger partial charge is 0.303 e. The van der Waals surface area contributed by atoms with Crippen LogP contribution in [0, 0.1) is 10.1 Å². The summed E-state index contributed by atoms with van der Waals surface area (Å²) in [7, 11) is 0. The lowest BCUT2D eigenvalue weighted by molar-refractivity contribution is -0.383. The van der Waals surface area contributed by atoms with Crippen molar-refractivity contribution in [3.05, 3.63) is 21.6 Å². The van der Waals surface area contributed by atoms with Crippen LogP contribution in [0.2, 0.25) is 0 Å². The molecule has 3 N–H and O–H groups in total. The van der Waals surface area contributed by atoms with Gasteiger partial charge in [0.25, 0.3) is 0 Å². The Labute approximate surface area is 84.0 Å². The molecule has 0 aliphatic carbocycles. The summed E-state index contributed by atoms with van der Waals surface area (Å²) in [6.45, 7) is -0.274. The van der Waals surface area contributed by atoms with Gasteiger partial charge in [-0.2, -0.15) is 0 Å². The molecular weight excluding hydrogens is 208 g/mol. The first-order chi connectivity index (χ1) is 6.65. The Morgan fingerprint density at radius 1 is 1.71 bits per heavy atom. The van der Waals surface area contributed by atoms with E-state index >= 15 is 0 Å². The summed E-state index contributed by atoms with van der Waals surface area (Å²) in [5, 5.41) is 32.7. The monoisotopic (exact) mass is 218 g/mol. The van der Waals surface area contributed by atoms with Crippen molar-refractivity contribution < 1.29 is 15.1 Å². The fraction of sp³-hybridized carbons (Fsp3) is 0.429. The highest BCUT2D eigenvalue weighted by Crippen LogP contribution is 2.29. The van der Waals surface area contributed by atoms with E-state index in [9.17, 15) is 10.1 Å². The van der Waals surface area contributed by atoms with Gasteiger partial charge < -0.3 is 15.5 Å². The molecule has 0 spiro atoms. The minimum absolute atomic E-state index is 0.0138. The van der Waals surface area contributed by atoms with Crippen LogP contribution < -0.4 is 5.32 Å². The standard InChI is InChI=1S/C7H10N2O4S/c10-4-5(11)3-8-7-6(9(12)13)1-2-14-7/h1-2,5,8,10-11H,3-4H2/t5-/m0/s1. The molecule has 1 atom stereocenters. The lowest BCUT2D eigenvalue weighted by Crippen LogP contribution is -2.22. The third kappa shape index (κ3) is 2.66. The quantitative estimate of drug-likeness (QED) is 0.491. The minimum Gasteiger partial charge on any atom is -0.394 e. The average molecular weight is 218 g/mol. The van der Waals surface area contributed by atoms with Crippen LogP contribution in [0.3, 0.4) is 0 Å². The first kappa shape index (κ1) is 10.9. The van der Waals surface area contributed by atoms with E-state index in [0.717, 1.165) is 0 Å². The van der Waals surface area contributed by atoms with Gasteiger partial charge >= 0.3 is 5.69 Å². The number of hydrogen-bond donors (Lipinski definition) is 3. The number of hydrogen-bond acceptors (Lipinski definition) is 6. The molecule has 0 saturated heterocycles. The van der Waals surface area contributed by atoms with E-state index in [1.165, 1.54) is 17.4 Å². The normalized spacial score (nSPS) is 12.4. The van der Waals surface area contributed by atoms with Gasteiger partial charge in [0.05, 0.1) is 17.6 Å². The highest BCUT2D eigenvalue weighted by molar-refractivity contribution is 7.14. The largest absolute Gasteiger partial charge is 0.394 e. The second-order valence-electron chi connectivity index (χ2n) is 2.61. The number of thiophene rings is 1. The maximum atomic E-state index is 10.5. The fourth-order valence-electron chi connectivity index (χ4n) is 0.854. The first-order valence-corrected chi connectivity index (χ1v) is 4.77. The van der Waals surface area contributed by atoms with E-state index in [2.05, 4.69) is 5.32 Å². The van der Waals surface area contributed by atoms with E-state index in [1.54, 1.807) is 5.38 Å². The van der Waals surface area contributed by atoms with Crippen LogP contribution in [-0.4, -0.2) is 34.4 Å². The van der Waals surface area contributed by atoms with Crippen molar-refractivity contribution in [2.75, 3.05) is 18.5 Å². The molecule has 14 heavy (non-hydrogen) atoms. The Kier molecular flexibility index (Phi) is 3.81. The molecule has 1 heterocycles. The van der Waals surface area contributed by atoms with Gasteiger partial charge in [0, 0.05) is 12.6 Å². The molecule has 0 fully saturated rings. The van der Waals surface area contributed by atoms with Gasteiger partial charge in [-0.05, 0) is 5.38 Å². The van der Waals surface area contributed by atoms with E-state index < -0.39 is 11.0 Å². The van der Waals surface area contributed by atoms with Crippen molar-refractivity contribution in [3.63, 3.8) is 0 Å². The van der Waals surface area contributed by atoms with Crippen LogP contribution in [0.25, 0.3) is 0 Å². The van der Waals surface area contributed by atoms with Gasteiger partial charge in [-0.25, -0.2) is 0 Å². The Bertz CT molecular complexity index is 314. The first-order valence-electron chi connectivity index (χ1n) is 3.90. The molecule has 0 aliphatic rings. The maximum absolute atomic E-state index is 10.5. The Hall–Kier alpha value is -1.18. The summed E-state index contributed by atoms with van der Waals surface area (Å²) in [4.78, 5) is 9.96. The van der Waals surface area contributed by atoms with Crippen molar-refractivity contribution in [3.8, 4) is 0 Å². The number of rotatable bonds is 5. The van der Waals surface area contributed by atoms with Gasteiger partial charge in [-0.1, -0.05) is 0 Å². The molecule has 1 aromatic heterocycles. The summed E-state index contributed by atoms with van der Waals surface area (Å²) >= 11 is 1.18. The van der Waals surface area contributed by atoms with Gasteiger partial charge in [0.15, 0.2) is 5.00 Å². The predicted octanol–water partition coefficient (Wildman–Crippen LogP) is 0.421. The summed E-state index contributed by atoms with van der Waals surface area (Å²) in [6, 6.07) is 1.39. The number of nitrogens with zero attached hydrogens (tertiary/aromatic N) is 1. The number of anilines is 1. The number of aliphatic hydroxyl groups excluding tert-OH is 2. The van der Waals surface area contributed by atoms with Crippen LogP contribution in [0.5, 0.6) is 0 Å². The molecule has 1 rings (SSSR count). The number of nitro groups is 1. The van der Waals surface area contributed by atoms with Crippen molar-refractivity contribution in [1.29, 1.82) is 0 Å². The molecular formula is C7H10N2O4S. The second kappa shape index (κ2) is 4.89. The molecule has 0 saturated carbocycles. The SMILES string of the molecule is O=[N+]([O-])c1ccsc1NC[C@H](O)CO. The molecule has 0 aliphatic heterocycles. The van der Waals surface area contributed by atoms with E-state index in [4.69, 9.17) is 10.2 Å². The molecule has 0 radical (unpaired) electrons. The van der Waals surface area contributed by atoms with Gasteiger partial charge in [0.2, 0.25) is 0 Å². The zero-order valence-corrected chi connectivity index (χ0v) is 8.03. The molecule has 0 bridgehead atoms. The molecule has 7 heteroatoms. The summed E-state index contributed by atoms with van der Waals surface area (Å²) < 4.78 is 0. The van der Waals surface area contributed by atoms with Gasteiger partial charge in [-0.15, -0.1) is 11.3 Å². The third-order valence-corrected chi connectivity index (χ3v) is 2.41. The van der Waals surface area contributed by atoms with Crippen molar-refractivity contribution in [1.82, 2.24) is 0 Å². The highest BCUT2D eigenvalue weighted by Gasteiger charge is 2.15. The minimum atomic E-state index is -0.906. The third-order valence-electron chi connectivity index (χ3n) is 1.55. The highest BCUT2D eigenvalue weighted by atomic mass is 32.1. The van der Waals surface area contributed by atoms with E-state index in [1.807, 2.05) is 0 Å². The fourth-order valence-corrected chi connectivity index (χ4v) is 1.62. The molecule has 1 aromatic rings. The van der Waals surface area contributed by atoms with Crippen LogP contribution in [-0.2, 0) is 0 Å². The van der Waals surface area contributed by atoms with E-state index in [0.29, 0.717) is 5.00 Å². The zero-order valence-electron chi connectivity index (χ0n) is 7.21. The van der Waals surface area contributed by atoms with Crippen LogP contribution in [0.15, 0.2) is 11.4 Å². The summed E-state index contributed by atoms with van der Waals surface area (Å²) in [5.41, 5.74) is -0.0138. The maximum Gasteiger partial charge on any atom is 0.303 e. The van der Waals surface area contributed by atoms with Crippen LogP contribution in [0.4, 0.5) is 10.7 Å². The summed E-state index contributed by atoms with van der Waals surface area (Å²) in [5.74, 6) is 0. The number of aliphatic hydroxyl groups is 2. The molecule has 78 valence electrons. The Morgan fingerprint density at radius 2 is 2.43 bits per heavy atom. The molecule has 0 unspecified atom stereocenters. The van der Waals surface area contributed by atoms with Crippen molar-refractivity contribution in [2.45, 2.75) is 6.10 Å². The van der Waals surface area contributed by atoms with Crippen molar-refractivity contribution in [2.24, 2.45) is 0 Å². The number of nitrogens with one attached hydrogen (secondary N) is 1. The Morgan fingerprint density at radius 3 is 3.00 bits per heavy atom. The summed E-state index contributed by atoms with van der Waals surface area (Å²) in [6.07, 6.45) is -0.906. The van der Waals surface area contributed by atoms with Gasteiger partial charge in [0.1, 0.15) is 0 Å². The van der Waals surface area contributed by atoms with Gasteiger partial charge in [-0.3, -0.25) is 10.1 Å². The van der Waals surface area contributed by atoms with Crippen molar-refractivity contribution >= 4 is 22.0 Å². The molecule has 0 aromatic carbocycles. The zero-order chi connectivity index (χ0) is 10.6. The predicted molar refractivity (Wildman–Crippen MR) is 52.6 cm³/mol. The average Bonchev–Trinajstić information content (AvgIpc) is 2.62. The Balaban J connectivity index is 2.58. The molecule has 0 amide bonds. The lowest BCUT2D eigenvalue weighted by atomic mass is 10.4. The molecule has 6 nitrogen and oxygen atoms in total. The second-order valence-corrected chi connectivity index (χ2v) is 3.53. The van der Waals surface area contributed by atoms with Crippen LogP contribution in [0.1, 0.15) is 0 Å². The lowest BCUT2D eigenvalue weighted by Gasteiger charge is -2.07.